The summed E-state index contributed by atoms with van der Waals surface area (Å²) >= 11 is 0. The van der Waals surface area contributed by atoms with Crippen LogP contribution >= 0.6 is 0 Å². The van der Waals surface area contributed by atoms with Crippen LogP contribution < -0.4 is 10.1 Å². The Hall–Kier alpha value is -1.06. The van der Waals surface area contributed by atoms with Gasteiger partial charge in [-0.05, 0) is 37.7 Å². The Morgan fingerprint density at radius 2 is 2.12 bits per heavy atom. The average Bonchev–Trinajstić information content (AvgIpc) is 2.36. The van der Waals surface area contributed by atoms with Crippen molar-refractivity contribution < 1.29 is 4.74 Å². The summed E-state index contributed by atoms with van der Waals surface area (Å²) in [6, 6.07) is 6.36. The summed E-state index contributed by atoms with van der Waals surface area (Å²) < 4.78 is 5.31. The molecule has 96 valence electrons. The lowest BCUT2D eigenvalue weighted by Gasteiger charge is -2.14. The van der Waals surface area contributed by atoms with Gasteiger partial charge in [-0.15, -0.1) is 0 Å². The molecular formula is C14H24N2O. The predicted molar refractivity (Wildman–Crippen MR) is 72.6 cm³/mol. The van der Waals surface area contributed by atoms with Crippen molar-refractivity contribution in [2.45, 2.75) is 20.4 Å². The first-order valence-corrected chi connectivity index (χ1v) is 6.20. The van der Waals surface area contributed by atoms with Gasteiger partial charge in [0.25, 0.3) is 0 Å². The van der Waals surface area contributed by atoms with Crippen LogP contribution in [0.5, 0.6) is 5.75 Å². The maximum Gasteiger partial charge on any atom is 0.122 e. The van der Waals surface area contributed by atoms with Crippen molar-refractivity contribution in [2.75, 3.05) is 33.8 Å². The van der Waals surface area contributed by atoms with Crippen LogP contribution in [-0.4, -0.2) is 38.7 Å². The molecule has 0 unspecified atom stereocenters. The van der Waals surface area contributed by atoms with Gasteiger partial charge >= 0.3 is 0 Å². The molecule has 3 heteroatoms. The Bertz CT molecular complexity index is 339. The Balaban J connectivity index is 2.36. The summed E-state index contributed by atoms with van der Waals surface area (Å²) in [5.41, 5.74) is 2.45. The minimum atomic E-state index is 0.897. The number of nitrogens with zero attached hydrogens (tertiary/aromatic N) is 1. The van der Waals surface area contributed by atoms with Gasteiger partial charge in [0.15, 0.2) is 0 Å². The van der Waals surface area contributed by atoms with Gasteiger partial charge in [-0.3, -0.25) is 0 Å². The smallest absolute Gasteiger partial charge is 0.122 e. The molecule has 0 amide bonds. The van der Waals surface area contributed by atoms with Gasteiger partial charge in [0, 0.05) is 19.6 Å². The molecule has 1 rings (SSSR count). The lowest BCUT2D eigenvalue weighted by atomic mass is 10.1. The topological polar surface area (TPSA) is 24.5 Å². The zero-order valence-electron chi connectivity index (χ0n) is 11.4. The van der Waals surface area contributed by atoms with E-state index < -0.39 is 0 Å². The summed E-state index contributed by atoms with van der Waals surface area (Å²) in [6.07, 6.45) is 0. The number of methoxy groups -OCH3 is 1. The second kappa shape index (κ2) is 7.30. The molecule has 0 atom stereocenters. The van der Waals surface area contributed by atoms with Crippen LogP contribution in [0.3, 0.4) is 0 Å². The highest BCUT2D eigenvalue weighted by atomic mass is 16.5. The SMILES string of the molecule is CCN(C)CCNCc1ccc(C)c(OC)c1. The number of aryl methyl sites for hydroxylation is 1. The number of hydrogen-bond donors (Lipinski definition) is 1. The fourth-order valence-electron chi connectivity index (χ4n) is 1.64. The first kappa shape index (κ1) is 14.0. The third-order valence-corrected chi connectivity index (χ3v) is 3.01. The van der Waals surface area contributed by atoms with E-state index in [2.05, 4.69) is 49.3 Å². The van der Waals surface area contributed by atoms with E-state index in [4.69, 9.17) is 4.74 Å². The summed E-state index contributed by atoms with van der Waals surface area (Å²) in [4.78, 5) is 2.29. The van der Waals surface area contributed by atoms with Crippen molar-refractivity contribution in [1.82, 2.24) is 10.2 Å². The second-order valence-corrected chi connectivity index (χ2v) is 4.38. The maximum absolute atomic E-state index is 5.31. The second-order valence-electron chi connectivity index (χ2n) is 4.38. The van der Waals surface area contributed by atoms with E-state index in [9.17, 15) is 0 Å². The molecule has 0 aromatic heterocycles. The van der Waals surface area contributed by atoms with Crippen LogP contribution in [0.1, 0.15) is 18.1 Å². The van der Waals surface area contributed by atoms with Crippen molar-refractivity contribution in [3.05, 3.63) is 29.3 Å². The summed E-state index contributed by atoms with van der Waals surface area (Å²) in [6.45, 7) is 8.32. The fraction of sp³-hybridized carbons (Fsp3) is 0.571. The molecule has 0 saturated heterocycles. The molecule has 1 aromatic rings. The quantitative estimate of drug-likeness (QED) is 0.733. The van der Waals surface area contributed by atoms with Gasteiger partial charge in [-0.1, -0.05) is 19.1 Å². The van der Waals surface area contributed by atoms with Gasteiger partial charge in [-0.25, -0.2) is 0 Å². The molecule has 0 bridgehead atoms. The molecule has 0 aliphatic rings. The molecule has 1 aromatic carbocycles. The first-order chi connectivity index (χ1) is 8.17. The van der Waals surface area contributed by atoms with Crippen LogP contribution in [0.4, 0.5) is 0 Å². The van der Waals surface area contributed by atoms with Gasteiger partial charge in [-0.2, -0.15) is 0 Å². The number of nitrogens with one attached hydrogen (secondary N) is 1. The van der Waals surface area contributed by atoms with Crippen LogP contribution in [-0.2, 0) is 6.54 Å². The van der Waals surface area contributed by atoms with Crippen molar-refractivity contribution in [3.63, 3.8) is 0 Å². The van der Waals surface area contributed by atoms with E-state index in [0.29, 0.717) is 0 Å². The first-order valence-electron chi connectivity index (χ1n) is 6.20. The summed E-state index contributed by atoms with van der Waals surface area (Å²) in [5, 5.41) is 3.44. The summed E-state index contributed by atoms with van der Waals surface area (Å²) in [7, 11) is 3.85. The zero-order chi connectivity index (χ0) is 12.7. The van der Waals surface area contributed by atoms with Crippen LogP contribution in [0.15, 0.2) is 18.2 Å². The molecular weight excluding hydrogens is 212 g/mol. The standard InChI is InChI=1S/C14H24N2O/c1-5-16(3)9-8-15-11-13-7-6-12(2)14(10-13)17-4/h6-7,10,15H,5,8-9,11H2,1-4H3. The van der Waals surface area contributed by atoms with E-state index in [1.165, 1.54) is 11.1 Å². The molecule has 0 heterocycles. The minimum Gasteiger partial charge on any atom is -0.496 e. The molecule has 0 aliphatic carbocycles. The lowest BCUT2D eigenvalue weighted by molar-refractivity contribution is 0.349. The molecule has 0 spiro atoms. The highest BCUT2D eigenvalue weighted by Crippen LogP contribution is 2.18. The molecule has 0 aliphatic heterocycles. The largest absolute Gasteiger partial charge is 0.496 e. The predicted octanol–water partition coefficient (Wildman–Crippen LogP) is 2.04. The fourth-order valence-corrected chi connectivity index (χ4v) is 1.64. The third kappa shape index (κ3) is 4.75. The minimum absolute atomic E-state index is 0.897. The molecule has 17 heavy (non-hydrogen) atoms. The molecule has 1 N–H and O–H groups in total. The molecule has 3 nitrogen and oxygen atoms in total. The number of likely N-dealkylation sites (N-methyl/N-ethyl adjacent to an activating group) is 1. The highest BCUT2D eigenvalue weighted by molar-refractivity contribution is 5.36. The number of rotatable bonds is 7. The Morgan fingerprint density at radius 1 is 1.35 bits per heavy atom. The number of benzene rings is 1. The number of hydrogen-bond acceptors (Lipinski definition) is 3. The van der Waals surface area contributed by atoms with Gasteiger partial charge in [0.2, 0.25) is 0 Å². The Kier molecular flexibility index (Phi) is 6.01. The molecule has 0 radical (unpaired) electrons. The third-order valence-electron chi connectivity index (χ3n) is 3.01. The zero-order valence-corrected chi connectivity index (χ0v) is 11.4. The van der Waals surface area contributed by atoms with Crippen LogP contribution in [0.2, 0.25) is 0 Å². The van der Waals surface area contributed by atoms with E-state index in [0.717, 1.165) is 31.9 Å². The Morgan fingerprint density at radius 3 is 2.76 bits per heavy atom. The number of ether oxygens (including phenoxy) is 1. The summed E-state index contributed by atoms with van der Waals surface area (Å²) in [5.74, 6) is 0.968. The van der Waals surface area contributed by atoms with Crippen LogP contribution in [0.25, 0.3) is 0 Å². The monoisotopic (exact) mass is 236 g/mol. The molecule has 0 saturated carbocycles. The van der Waals surface area contributed by atoms with Crippen molar-refractivity contribution in [2.24, 2.45) is 0 Å². The van der Waals surface area contributed by atoms with Gasteiger partial charge in [0.05, 0.1) is 7.11 Å². The van der Waals surface area contributed by atoms with E-state index in [-0.39, 0.29) is 0 Å². The van der Waals surface area contributed by atoms with Crippen molar-refractivity contribution in [3.8, 4) is 5.75 Å². The van der Waals surface area contributed by atoms with E-state index in [1.807, 2.05) is 0 Å². The lowest BCUT2D eigenvalue weighted by Crippen LogP contribution is -2.28. The Labute approximate surface area is 105 Å². The molecule has 0 fully saturated rings. The van der Waals surface area contributed by atoms with E-state index >= 15 is 0 Å². The maximum atomic E-state index is 5.31. The van der Waals surface area contributed by atoms with Crippen molar-refractivity contribution >= 4 is 0 Å². The average molecular weight is 236 g/mol. The van der Waals surface area contributed by atoms with Gasteiger partial charge < -0.3 is 15.0 Å². The highest BCUT2D eigenvalue weighted by Gasteiger charge is 2.00. The van der Waals surface area contributed by atoms with Crippen LogP contribution in [0, 0.1) is 6.92 Å². The normalized spacial score (nSPS) is 10.9. The van der Waals surface area contributed by atoms with Crippen molar-refractivity contribution in [1.29, 1.82) is 0 Å². The van der Waals surface area contributed by atoms with E-state index in [1.54, 1.807) is 7.11 Å². The van der Waals surface area contributed by atoms with Gasteiger partial charge in [0.1, 0.15) is 5.75 Å².